The van der Waals surface area contributed by atoms with Crippen LogP contribution in [0.1, 0.15) is 56.1 Å². The molecule has 0 radical (unpaired) electrons. The Morgan fingerprint density at radius 2 is 1.82 bits per heavy atom. The van der Waals surface area contributed by atoms with Crippen molar-refractivity contribution in [1.29, 1.82) is 0 Å². The lowest BCUT2D eigenvalue weighted by molar-refractivity contribution is 0.0923. The van der Waals surface area contributed by atoms with Crippen LogP contribution >= 0.6 is 0 Å². The molecular formula is C23H35NO3Si. The Bertz CT molecular complexity index is 785. The van der Waals surface area contributed by atoms with Gasteiger partial charge in [-0.15, -0.1) is 0 Å². The second kappa shape index (κ2) is 7.08. The van der Waals surface area contributed by atoms with E-state index < -0.39 is 8.32 Å². The smallest absolute Gasteiger partial charge is 0.242 e. The zero-order valence-corrected chi connectivity index (χ0v) is 19.3. The largest absolute Gasteiger partial charge is 0.542 e. The molecule has 4 nitrogen and oxygen atoms in total. The first-order chi connectivity index (χ1) is 13.3. The zero-order chi connectivity index (χ0) is 20.1. The second-order valence-corrected chi connectivity index (χ2v) is 14.5. The minimum absolute atomic E-state index is 0.221. The molecule has 1 aromatic carbocycles. The Kier molecular flexibility index (Phi) is 5.01. The molecular weight excluding hydrogens is 366 g/mol. The molecule has 2 saturated carbocycles. The summed E-state index contributed by atoms with van der Waals surface area (Å²) in [5.74, 6) is 3.94. The predicted molar refractivity (Wildman–Crippen MR) is 116 cm³/mol. The Balaban J connectivity index is 1.69. The highest BCUT2D eigenvalue weighted by atomic mass is 28.4. The predicted octanol–water partition coefficient (Wildman–Crippen LogP) is 5.77. The standard InChI is InChI=1S/C23H35NO3Si/c1-23-12-11-16-17(19(23)9-10-22(23)24-26-3)8-7-15-13-20(25-2)21(14-18(15)16)27-28(4,5)6/h13-14,16-17,19H,7-12H2,1-6H3/b24-22+. The van der Waals surface area contributed by atoms with Gasteiger partial charge in [0.25, 0.3) is 0 Å². The quantitative estimate of drug-likeness (QED) is 0.475. The lowest BCUT2D eigenvalue weighted by Gasteiger charge is -2.49. The SMILES string of the molecule is CO/N=C1\CCC2C3CCc4cc(OC)c(O[Si](C)(C)C)cc4C3CCC12C. The molecule has 0 aliphatic heterocycles. The van der Waals surface area contributed by atoms with E-state index in [4.69, 9.17) is 14.0 Å². The Hall–Kier alpha value is -1.49. The van der Waals surface area contributed by atoms with Crippen LogP contribution in [0.15, 0.2) is 17.3 Å². The number of nitrogens with zero attached hydrogens (tertiary/aromatic N) is 1. The lowest BCUT2D eigenvalue weighted by atomic mass is 9.55. The van der Waals surface area contributed by atoms with E-state index in [2.05, 4.69) is 43.9 Å². The molecule has 0 saturated heterocycles. The maximum atomic E-state index is 6.40. The van der Waals surface area contributed by atoms with Gasteiger partial charge in [0.2, 0.25) is 8.32 Å². The summed E-state index contributed by atoms with van der Waals surface area (Å²) in [5.41, 5.74) is 4.50. The van der Waals surface area contributed by atoms with E-state index >= 15 is 0 Å². The molecule has 0 spiro atoms. The van der Waals surface area contributed by atoms with Crippen LogP contribution in [0.3, 0.4) is 0 Å². The van der Waals surface area contributed by atoms with Crippen LogP contribution < -0.4 is 9.16 Å². The third-order valence-electron chi connectivity index (χ3n) is 7.37. The van der Waals surface area contributed by atoms with Crippen LogP contribution in [-0.4, -0.2) is 28.2 Å². The minimum atomic E-state index is -1.70. The van der Waals surface area contributed by atoms with Crippen molar-refractivity contribution in [2.45, 2.75) is 71.0 Å². The Labute approximate surface area is 170 Å². The molecule has 4 rings (SSSR count). The molecule has 0 bridgehead atoms. The highest BCUT2D eigenvalue weighted by molar-refractivity contribution is 6.70. The van der Waals surface area contributed by atoms with Gasteiger partial charge in [-0.3, -0.25) is 0 Å². The van der Waals surface area contributed by atoms with Crippen LogP contribution in [0.5, 0.6) is 11.5 Å². The van der Waals surface area contributed by atoms with Crippen molar-refractivity contribution in [3.8, 4) is 11.5 Å². The van der Waals surface area contributed by atoms with Crippen LogP contribution in [0.25, 0.3) is 0 Å². The molecule has 154 valence electrons. The summed E-state index contributed by atoms with van der Waals surface area (Å²) in [6.07, 6.45) is 7.20. The van der Waals surface area contributed by atoms with Crippen molar-refractivity contribution in [2.24, 2.45) is 22.4 Å². The number of hydrogen-bond acceptors (Lipinski definition) is 4. The van der Waals surface area contributed by atoms with E-state index in [0.29, 0.717) is 5.92 Å². The molecule has 4 atom stereocenters. The fraction of sp³-hybridized carbons (Fsp3) is 0.696. The number of rotatable bonds is 4. The molecule has 1 aromatic rings. The first kappa shape index (κ1) is 19.8. The van der Waals surface area contributed by atoms with Crippen LogP contribution in [0, 0.1) is 17.3 Å². The summed E-state index contributed by atoms with van der Waals surface area (Å²) in [6, 6.07) is 4.58. The fourth-order valence-electron chi connectivity index (χ4n) is 6.20. The summed E-state index contributed by atoms with van der Waals surface area (Å²) in [5, 5.41) is 4.42. The molecule has 0 amide bonds. The maximum Gasteiger partial charge on any atom is 0.242 e. The van der Waals surface area contributed by atoms with Crippen molar-refractivity contribution in [1.82, 2.24) is 0 Å². The topological polar surface area (TPSA) is 40.0 Å². The average Bonchev–Trinajstić information content (AvgIpc) is 2.96. The van der Waals surface area contributed by atoms with Gasteiger partial charge in [-0.1, -0.05) is 12.1 Å². The van der Waals surface area contributed by atoms with Crippen molar-refractivity contribution in [3.05, 3.63) is 23.3 Å². The monoisotopic (exact) mass is 401 g/mol. The molecule has 2 fully saturated rings. The van der Waals surface area contributed by atoms with E-state index in [1.54, 1.807) is 14.2 Å². The number of hydrogen-bond donors (Lipinski definition) is 0. The molecule has 0 heterocycles. The van der Waals surface area contributed by atoms with E-state index in [1.807, 2.05) is 0 Å². The van der Waals surface area contributed by atoms with Crippen LogP contribution in [-0.2, 0) is 11.3 Å². The number of aryl methyl sites for hydroxylation is 1. The van der Waals surface area contributed by atoms with Gasteiger partial charge in [0, 0.05) is 5.41 Å². The summed E-state index contributed by atoms with van der Waals surface area (Å²) in [6.45, 7) is 9.13. The summed E-state index contributed by atoms with van der Waals surface area (Å²) in [4.78, 5) is 5.18. The zero-order valence-electron chi connectivity index (χ0n) is 18.3. The van der Waals surface area contributed by atoms with E-state index in [-0.39, 0.29) is 5.41 Å². The second-order valence-electron chi connectivity index (χ2n) is 10.0. The molecule has 0 N–H and O–H groups in total. The van der Waals surface area contributed by atoms with Crippen molar-refractivity contribution in [2.75, 3.05) is 14.2 Å². The molecule has 5 heteroatoms. The fourth-order valence-corrected chi connectivity index (χ4v) is 7.02. The van der Waals surface area contributed by atoms with E-state index in [0.717, 1.165) is 36.2 Å². The Morgan fingerprint density at radius 1 is 1.04 bits per heavy atom. The third kappa shape index (κ3) is 3.25. The number of oxime groups is 1. The molecule has 0 aromatic heterocycles. The average molecular weight is 402 g/mol. The van der Waals surface area contributed by atoms with Crippen molar-refractivity contribution >= 4 is 14.0 Å². The molecule has 3 aliphatic carbocycles. The van der Waals surface area contributed by atoms with Crippen molar-refractivity contribution in [3.63, 3.8) is 0 Å². The van der Waals surface area contributed by atoms with Crippen molar-refractivity contribution < 1.29 is 14.0 Å². The van der Waals surface area contributed by atoms with Gasteiger partial charge in [0.05, 0.1) is 12.8 Å². The molecule has 4 unspecified atom stereocenters. The lowest BCUT2D eigenvalue weighted by Crippen LogP contribution is -2.42. The summed E-state index contributed by atoms with van der Waals surface area (Å²) >= 11 is 0. The number of ether oxygens (including phenoxy) is 1. The number of fused-ring (bicyclic) bond motifs is 5. The van der Waals surface area contributed by atoms with E-state index in [9.17, 15) is 0 Å². The van der Waals surface area contributed by atoms with Gasteiger partial charge in [-0.05, 0) is 99.2 Å². The third-order valence-corrected chi connectivity index (χ3v) is 8.20. The normalized spacial score (nSPS) is 33.1. The van der Waals surface area contributed by atoms with Crippen LogP contribution in [0.4, 0.5) is 0 Å². The van der Waals surface area contributed by atoms with Gasteiger partial charge in [-0.25, -0.2) is 0 Å². The summed E-state index contributed by atoms with van der Waals surface area (Å²) < 4.78 is 12.1. The van der Waals surface area contributed by atoms with Gasteiger partial charge in [0.1, 0.15) is 12.9 Å². The summed E-state index contributed by atoms with van der Waals surface area (Å²) in [7, 11) is 1.74. The van der Waals surface area contributed by atoms with Gasteiger partial charge < -0.3 is 14.0 Å². The highest BCUT2D eigenvalue weighted by Gasteiger charge is 2.53. The maximum absolute atomic E-state index is 6.40. The number of methoxy groups -OCH3 is 1. The highest BCUT2D eigenvalue weighted by Crippen LogP contribution is 2.60. The molecule has 3 aliphatic rings. The number of benzene rings is 1. The van der Waals surface area contributed by atoms with Gasteiger partial charge >= 0.3 is 0 Å². The van der Waals surface area contributed by atoms with E-state index in [1.165, 1.54) is 42.5 Å². The van der Waals surface area contributed by atoms with Gasteiger partial charge in [0.15, 0.2) is 5.75 Å². The Morgan fingerprint density at radius 3 is 2.50 bits per heavy atom. The first-order valence-electron chi connectivity index (χ1n) is 10.8. The van der Waals surface area contributed by atoms with Gasteiger partial charge in [-0.2, -0.15) is 0 Å². The first-order valence-corrected chi connectivity index (χ1v) is 14.2. The van der Waals surface area contributed by atoms with Crippen LogP contribution in [0.2, 0.25) is 19.6 Å². The minimum Gasteiger partial charge on any atom is -0.542 e. The molecule has 28 heavy (non-hydrogen) atoms.